The van der Waals surface area contributed by atoms with Crippen LogP contribution in [-0.2, 0) is 13.1 Å². The van der Waals surface area contributed by atoms with Crippen LogP contribution in [0.4, 0.5) is 8.78 Å². The number of imidazole rings is 1. The van der Waals surface area contributed by atoms with Gasteiger partial charge in [-0.25, -0.2) is 4.98 Å². The van der Waals surface area contributed by atoms with Gasteiger partial charge >= 0.3 is 6.61 Å². The summed E-state index contributed by atoms with van der Waals surface area (Å²) in [5.41, 5.74) is 0.954. The number of alkyl halides is 2. The van der Waals surface area contributed by atoms with Crippen molar-refractivity contribution in [1.29, 1.82) is 0 Å². The quantitative estimate of drug-likeness (QED) is 0.721. The molecule has 0 amide bonds. The second kappa shape index (κ2) is 9.22. The van der Waals surface area contributed by atoms with Crippen molar-refractivity contribution in [3.63, 3.8) is 0 Å². The first-order chi connectivity index (χ1) is 11.6. The molecule has 24 heavy (non-hydrogen) atoms. The van der Waals surface area contributed by atoms with Crippen LogP contribution in [0, 0.1) is 5.92 Å². The lowest BCUT2D eigenvalue weighted by molar-refractivity contribution is -0.0514. The van der Waals surface area contributed by atoms with Crippen molar-refractivity contribution in [2.24, 2.45) is 5.92 Å². The van der Waals surface area contributed by atoms with Crippen LogP contribution < -0.4 is 14.8 Å². The number of hydrogen-bond acceptors (Lipinski definition) is 4. The normalized spacial score (nSPS) is 12.4. The van der Waals surface area contributed by atoms with Crippen molar-refractivity contribution in [1.82, 2.24) is 14.9 Å². The highest BCUT2D eigenvalue weighted by molar-refractivity contribution is 5.43. The Labute approximate surface area is 140 Å². The van der Waals surface area contributed by atoms with Crippen LogP contribution in [0.25, 0.3) is 0 Å². The molecule has 0 saturated carbocycles. The van der Waals surface area contributed by atoms with Gasteiger partial charge in [0.25, 0.3) is 0 Å². The predicted molar refractivity (Wildman–Crippen MR) is 87.3 cm³/mol. The van der Waals surface area contributed by atoms with E-state index < -0.39 is 6.61 Å². The molecule has 132 valence electrons. The standard InChI is InChI=1S/C17H23F2N3O2/c1-3-23-16-8-14(4-5-15(16)24-17(18)19)10-21-9-13(2)11-22-7-6-20-12-22/h4-8,12-13,17,21H,3,9-11H2,1-2H3. The topological polar surface area (TPSA) is 48.3 Å². The molecule has 0 fully saturated rings. The average Bonchev–Trinajstić information content (AvgIpc) is 3.02. The van der Waals surface area contributed by atoms with E-state index in [-0.39, 0.29) is 5.75 Å². The molecule has 1 atom stereocenters. The highest BCUT2D eigenvalue weighted by atomic mass is 19.3. The molecule has 1 unspecified atom stereocenters. The maximum atomic E-state index is 12.4. The second-order valence-corrected chi connectivity index (χ2v) is 5.59. The number of rotatable bonds is 10. The highest BCUT2D eigenvalue weighted by Crippen LogP contribution is 2.29. The molecule has 0 bridgehead atoms. The number of halogens is 2. The summed E-state index contributed by atoms with van der Waals surface area (Å²) in [4.78, 5) is 4.02. The van der Waals surface area contributed by atoms with Crippen LogP contribution in [0.2, 0.25) is 0 Å². The summed E-state index contributed by atoms with van der Waals surface area (Å²) in [5, 5.41) is 3.37. The number of nitrogens with zero attached hydrogens (tertiary/aromatic N) is 2. The fraction of sp³-hybridized carbons (Fsp3) is 0.471. The van der Waals surface area contributed by atoms with E-state index in [2.05, 4.69) is 22.0 Å². The molecule has 0 aliphatic heterocycles. The van der Waals surface area contributed by atoms with Crippen LogP contribution in [0.5, 0.6) is 11.5 Å². The van der Waals surface area contributed by atoms with Gasteiger partial charge in [0.15, 0.2) is 11.5 Å². The number of hydrogen-bond donors (Lipinski definition) is 1. The van der Waals surface area contributed by atoms with Gasteiger partial charge in [-0.05, 0) is 37.1 Å². The molecular weight excluding hydrogens is 316 g/mol. The Morgan fingerprint density at radius 2 is 2.12 bits per heavy atom. The Morgan fingerprint density at radius 3 is 2.79 bits per heavy atom. The number of nitrogens with one attached hydrogen (secondary N) is 1. The Kier molecular flexibility index (Phi) is 6.99. The maximum Gasteiger partial charge on any atom is 0.387 e. The first-order valence-corrected chi connectivity index (χ1v) is 7.95. The third-order valence-electron chi connectivity index (χ3n) is 3.43. The van der Waals surface area contributed by atoms with Gasteiger partial charge < -0.3 is 19.4 Å². The zero-order valence-electron chi connectivity index (χ0n) is 13.9. The van der Waals surface area contributed by atoms with Crippen molar-refractivity contribution in [2.75, 3.05) is 13.2 Å². The Balaban J connectivity index is 1.86. The Hall–Kier alpha value is -2.15. The van der Waals surface area contributed by atoms with Gasteiger partial charge in [0.1, 0.15) is 0 Å². The minimum atomic E-state index is -2.86. The summed E-state index contributed by atoms with van der Waals surface area (Å²) in [5.74, 6) is 0.833. The minimum Gasteiger partial charge on any atom is -0.490 e. The van der Waals surface area contributed by atoms with Gasteiger partial charge in [0, 0.05) is 25.5 Å². The van der Waals surface area contributed by atoms with Gasteiger partial charge in [-0.2, -0.15) is 8.78 Å². The Bertz CT molecular complexity index is 606. The van der Waals surface area contributed by atoms with Gasteiger partial charge in [-0.1, -0.05) is 13.0 Å². The highest BCUT2D eigenvalue weighted by Gasteiger charge is 2.11. The van der Waals surface area contributed by atoms with E-state index in [1.807, 2.05) is 10.8 Å². The van der Waals surface area contributed by atoms with Gasteiger partial charge in [-0.3, -0.25) is 0 Å². The molecule has 0 aliphatic carbocycles. The molecule has 0 radical (unpaired) electrons. The maximum absolute atomic E-state index is 12.4. The first-order valence-electron chi connectivity index (χ1n) is 7.95. The van der Waals surface area contributed by atoms with Crippen molar-refractivity contribution in [3.05, 3.63) is 42.5 Å². The third-order valence-corrected chi connectivity index (χ3v) is 3.43. The van der Waals surface area contributed by atoms with Crippen LogP contribution in [0.15, 0.2) is 36.9 Å². The molecule has 0 spiro atoms. The smallest absolute Gasteiger partial charge is 0.387 e. The van der Waals surface area contributed by atoms with Crippen molar-refractivity contribution in [3.8, 4) is 11.5 Å². The van der Waals surface area contributed by atoms with Crippen LogP contribution >= 0.6 is 0 Å². The van der Waals surface area contributed by atoms with Gasteiger partial charge in [-0.15, -0.1) is 0 Å². The zero-order chi connectivity index (χ0) is 17.4. The molecule has 1 aromatic heterocycles. The van der Waals surface area contributed by atoms with E-state index >= 15 is 0 Å². The summed E-state index contributed by atoms with van der Waals surface area (Å²) >= 11 is 0. The average molecular weight is 339 g/mol. The molecule has 0 saturated heterocycles. The lowest BCUT2D eigenvalue weighted by Gasteiger charge is -2.15. The fourth-order valence-corrected chi connectivity index (χ4v) is 2.41. The SMILES string of the molecule is CCOc1cc(CNCC(C)Cn2ccnc2)ccc1OC(F)F. The summed E-state index contributed by atoms with van der Waals surface area (Å²) < 4.78 is 36.7. The van der Waals surface area contributed by atoms with E-state index in [0.29, 0.717) is 24.8 Å². The molecule has 1 heterocycles. The predicted octanol–water partition coefficient (Wildman–Crippen LogP) is 3.31. The molecule has 1 N–H and O–H groups in total. The monoisotopic (exact) mass is 339 g/mol. The minimum absolute atomic E-state index is 0.0593. The molecule has 2 rings (SSSR count). The second-order valence-electron chi connectivity index (χ2n) is 5.59. The van der Waals surface area contributed by atoms with Gasteiger partial charge in [0.2, 0.25) is 0 Å². The summed E-state index contributed by atoms with van der Waals surface area (Å²) in [7, 11) is 0. The lowest BCUT2D eigenvalue weighted by atomic mass is 10.1. The van der Waals surface area contributed by atoms with Crippen LogP contribution in [-0.4, -0.2) is 29.3 Å². The van der Waals surface area contributed by atoms with Crippen molar-refractivity contribution < 1.29 is 18.3 Å². The summed E-state index contributed by atoms with van der Waals surface area (Å²) in [6.45, 7) is 3.82. The van der Waals surface area contributed by atoms with Crippen molar-refractivity contribution in [2.45, 2.75) is 33.5 Å². The van der Waals surface area contributed by atoms with Gasteiger partial charge in [0.05, 0.1) is 12.9 Å². The molecule has 0 aliphatic rings. The zero-order valence-corrected chi connectivity index (χ0v) is 13.9. The largest absolute Gasteiger partial charge is 0.490 e. The summed E-state index contributed by atoms with van der Waals surface area (Å²) in [6, 6.07) is 5.01. The first kappa shape index (κ1) is 18.2. The fourth-order valence-electron chi connectivity index (χ4n) is 2.41. The molecular formula is C17H23F2N3O2. The number of aromatic nitrogens is 2. The van der Waals surface area contributed by atoms with E-state index in [0.717, 1.165) is 18.7 Å². The van der Waals surface area contributed by atoms with E-state index in [1.54, 1.807) is 31.6 Å². The molecule has 1 aromatic carbocycles. The Morgan fingerprint density at radius 1 is 1.29 bits per heavy atom. The van der Waals surface area contributed by atoms with E-state index in [1.165, 1.54) is 6.07 Å². The summed E-state index contributed by atoms with van der Waals surface area (Å²) in [6.07, 6.45) is 5.50. The number of ether oxygens (including phenoxy) is 2. The number of benzene rings is 1. The molecule has 7 heteroatoms. The lowest BCUT2D eigenvalue weighted by Crippen LogP contribution is -2.23. The molecule has 2 aromatic rings. The van der Waals surface area contributed by atoms with E-state index in [9.17, 15) is 8.78 Å². The van der Waals surface area contributed by atoms with E-state index in [4.69, 9.17) is 4.74 Å². The van der Waals surface area contributed by atoms with Crippen molar-refractivity contribution >= 4 is 0 Å². The third kappa shape index (κ3) is 5.81. The van der Waals surface area contributed by atoms with Crippen LogP contribution in [0.1, 0.15) is 19.4 Å². The van der Waals surface area contributed by atoms with Crippen LogP contribution in [0.3, 0.4) is 0 Å². The molecule has 5 nitrogen and oxygen atoms in total.